The molecule has 3 aliphatic heterocycles. The van der Waals surface area contributed by atoms with Gasteiger partial charge in [-0.1, -0.05) is 6.08 Å². The zero-order chi connectivity index (χ0) is 23.0. The van der Waals surface area contributed by atoms with Crippen molar-refractivity contribution in [1.82, 2.24) is 25.0 Å². The summed E-state index contributed by atoms with van der Waals surface area (Å²) in [4.78, 5) is 19.3. The lowest BCUT2D eigenvalue weighted by atomic mass is 9.91. The molecule has 5 heterocycles. The van der Waals surface area contributed by atoms with Crippen LogP contribution in [0, 0.1) is 0 Å². The van der Waals surface area contributed by atoms with E-state index < -0.39 is 5.92 Å². The van der Waals surface area contributed by atoms with Crippen LogP contribution in [0.15, 0.2) is 36.2 Å². The second-order valence-electron chi connectivity index (χ2n) is 9.08. The highest BCUT2D eigenvalue weighted by Gasteiger charge is 2.30. The van der Waals surface area contributed by atoms with Crippen LogP contribution in [-0.2, 0) is 6.54 Å². The van der Waals surface area contributed by atoms with Crippen molar-refractivity contribution in [3.05, 3.63) is 53.0 Å². The molecule has 174 valence electrons. The van der Waals surface area contributed by atoms with E-state index >= 15 is 0 Å². The van der Waals surface area contributed by atoms with Crippen LogP contribution in [0.25, 0.3) is 11.6 Å². The van der Waals surface area contributed by atoms with Crippen LogP contribution >= 0.6 is 0 Å². The number of rotatable bonds is 5. The Morgan fingerprint density at radius 3 is 2.91 bits per heavy atom. The summed E-state index contributed by atoms with van der Waals surface area (Å²) >= 11 is 0. The van der Waals surface area contributed by atoms with E-state index in [1.54, 1.807) is 17.3 Å². The standard InChI is InChI=1S/C24H28F2N6O/c1-24(25,26)15-31-10-6-17(7-11-31)30-23(33)20-14-29-32-12-5-16(13-21(20)32)18-4-9-28-22-19(18)3-2-8-27-22/h2-4,8,13-14,17H,5-7,9-12,15H2,1H3,(H,27,28)(H,30,33). The zero-order valence-electron chi connectivity index (χ0n) is 18.7. The summed E-state index contributed by atoms with van der Waals surface area (Å²) < 4.78 is 28.4. The Labute approximate surface area is 191 Å². The number of alkyl halides is 2. The van der Waals surface area contributed by atoms with E-state index in [-0.39, 0.29) is 18.5 Å². The van der Waals surface area contributed by atoms with Gasteiger partial charge in [0.1, 0.15) is 5.82 Å². The molecule has 2 aromatic heterocycles. The highest BCUT2D eigenvalue weighted by Crippen LogP contribution is 2.36. The molecule has 0 saturated carbocycles. The van der Waals surface area contributed by atoms with Gasteiger partial charge in [-0.3, -0.25) is 14.4 Å². The molecule has 0 aliphatic carbocycles. The Hall–Kier alpha value is -3.07. The van der Waals surface area contributed by atoms with E-state index in [4.69, 9.17) is 0 Å². The van der Waals surface area contributed by atoms with Gasteiger partial charge in [0, 0.05) is 50.9 Å². The summed E-state index contributed by atoms with van der Waals surface area (Å²) in [7, 11) is 0. The molecule has 9 heteroatoms. The van der Waals surface area contributed by atoms with Crippen molar-refractivity contribution in [3.8, 4) is 0 Å². The summed E-state index contributed by atoms with van der Waals surface area (Å²) in [5.41, 5.74) is 4.74. The van der Waals surface area contributed by atoms with Crippen molar-refractivity contribution in [2.45, 2.75) is 44.7 Å². The minimum absolute atomic E-state index is 0.0214. The van der Waals surface area contributed by atoms with Gasteiger partial charge in [0.15, 0.2) is 0 Å². The number of anilines is 1. The lowest BCUT2D eigenvalue weighted by molar-refractivity contribution is -0.0205. The van der Waals surface area contributed by atoms with Gasteiger partial charge >= 0.3 is 0 Å². The number of aromatic nitrogens is 3. The van der Waals surface area contributed by atoms with Crippen molar-refractivity contribution in [2.24, 2.45) is 0 Å². The molecule has 3 aliphatic rings. The van der Waals surface area contributed by atoms with Crippen LogP contribution in [0.2, 0.25) is 0 Å². The molecule has 2 aromatic rings. The number of allylic oxidation sites excluding steroid dienone is 2. The molecule has 2 N–H and O–H groups in total. The number of nitrogens with zero attached hydrogens (tertiary/aromatic N) is 4. The van der Waals surface area contributed by atoms with Crippen LogP contribution in [0.5, 0.6) is 0 Å². The van der Waals surface area contributed by atoms with Crippen LogP contribution in [-0.4, -0.2) is 63.7 Å². The maximum atomic E-state index is 13.3. The van der Waals surface area contributed by atoms with E-state index in [1.807, 2.05) is 10.7 Å². The highest BCUT2D eigenvalue weighted by atomic mass is 19.3. The smallest absolute Gasteiger partial charge is 0.257 e. The number of hydrogen-bond acceptors (Lipinski definition) is 5. The Balaban J connectivity index is 1.29. The largest absolute Gasteiger partial charge is 0.366 e. The third-order valence-corrected chi connectivity index (χ3v) is 6.47. The number of hydrogen-bond donors (Lipinski definition) is 2. The predicted octanol–water partition coefficient (Wildman–Crippen LogP) is 3.42. The molecule has 0 radical (unpaired) electrons. The molecule has 5 rings (SSSR count). The Bertz CT molecular complexity index is 1110. The van der Waals surface area contributed by atoms with Crippen molar-refractivity contribution >= 4 is 23.4 Å². The van der Waals surface area contributed by atoms with Gasteiger partial charge in [-0.2, -0.15) is 5.10 Å². The number of carbonyl (C=O) groups is 1. The van der Waals surface area contributed by atoms with E-state index in [9.17, 15) is 13.6 Å². The first-order chi connectivity index (χ1) is 15.9. The number of amides is 1. The first-order valence-corrected chi connectivity index (χ1v) is 11.4. The summed E-state index contributed by atoms with van der Waals surface area (Å²) in [6.07, 6.45) is 9.78. The van der Waals surface area contributed by atoms with E-state index in [1.165, 1.54) is 5.57 Å². The number of halogens is 2. The lowest BCUT2D eigenvalue weighted by Gasteiger charge is -2.33. The zero-order valence-corrected chi connectivity index (χ0v) is 18.7. The van der Waals surface area contributed by atoms with Gasteiger partial charge in [0.2, 0.25) is 0 Å². The Kier molecular flexibility index (Phi) is 5.74. The minimum atomic E-state index is -2.70. The molecule has 0 unspecified atom stereocenters. The molecule has 0 atom stereocenters. The van der Waals surface area contributed by atoms with Crippen molar-refractivity contribution in [2.75, 3.05) is 31.5 Å². The second kappa shape index (κ2) is 8.70. The molecular weight excluding hydrogens is 426 g/mol. The van der Waals surface area contributed by atoms with Crippen LogP contribution in [0.1, 0.15) is 47.8 Å². The SMILES string of the molecule is CC(F)(F)CN1CCC(NC(=O)c2cnn3c2C=C(C2=CCNc4ncccc42)CC3)CC1. The van der Waals surface area contributed by atoms with E-state index in [0.29, 0.717) is 44.6 Å². The number of nitrogens with one attached hydrogen (secondary N) is 2. The normalized spacial score (nSPS) is 19.1. The number of aryl methyl sites for hydroxylation is 1. The summed E-state index contributed by atoms with van der Waals surface area (Å²) in [5, 5.41) is 10.8. The molecule has 33 heavy (non-hydrogen) atoms. The van der Waals surface area contributed by atoms with Crippen LogP contribution in [0.4, 0.5) is 14.6 Å². The van der Waals surface area contributed by atoms with Crippen molar-refractivity contribution < 1.29 is 13.6 Å². The molecule has 0 aromatic carbocycles. The maximum absolute atomic E-state index is 13.3. The van der Waals surface area contributed by atoms with Gasteiger partial charge < -0.3 is 10.6 Å². The fourth-order valence-corrected chi connectivity index (χ4v) is 4.89. The molecule has 0 spiro atoms. The monoisotopic (exact) mass is 454 g/mol. The van der Waals surface area contributed by atoms with Gasteiger partial charge in [-0.25, -0.2) is 13.8 Å². The minimum Gasteiger partial charge on any atom is -0.366 e. The third-order valence-electron chi connectivity index (χ3n) is 6.47. The predicted molar refractivity (Wildman–Crippen MR) is 123 cm³/mol. The quantitative estimate of drug-likeness (QED) is 0.724. The Morgan fingerprint density at radius 2 is 2.12 bits per heavy atom. The van der Waals surface area contributed by atoms with Crippen LogP contribution in [0.3, 0.4) is 0 Å². The van der Waals surface area contributed by atoms with Gasteiger partial charge in [-0.15, -0.1) is 0 Å². The summed E-state index contributed by atoms with van der Waals surface area (Å²) in [6.45, 7) is 3.24. The molecule has 7 nitrogen and oxygen atoms in total. The number of likely N-dealkylation sites (tertiary alicyclic amines) is 1. The molecule has 1 amide bonds. The first kappa shape index (κ1) is 21.8. The molecular formula is C24H28F2N6O. The summed E-state index contributed by atoms with van der Waals surface area (Å²) in [5.74, 6) is -1.98. The van der Waals surface area contributed by atoms with E-state index in [0.717, 1.165) is 36.0 Å². The number of carbonyl (C=O) groups excluding carboxylic acids is 1. The van der Waals surface area contributed by atoms with Gasteiger partial charge in [-0.05, 0) is 48.6 Å². The number of piperidine rings is 1. The maximum Gasteiger partial charge on any atom is 0.257 e. The fourth-order valence-electron chi connectivity index (χ4n) is 4.89. The molecule has 0 bridgehead atoms. The summed E-state index contributed by atoms with van der Waals surface area (Å²) in [6, 6.07) is 3.97. The first-order valence-electron chi connectivity index (χ1n) is 11.4. The van der Waals surface area contributed by atoms with Crippen molar-refractivity contribution in [3.63, 3.8) is 0 Å². The fraction of sp³-hybridized carbons (Fsp3) is 0.458. The van der Waals surface area contributed by atoms with Crippen LogP contribution < -0.4 is 10.6 Å². The average molecular weight is 455 g/mol. The lowest BCUT2D eigenvalue weighted by Crippen LogP contribution is -2.47. The van der Waals surface area contributed by atoms with Gasteiger partial charge in [0.05, 0.1) is 24.0 Å². The van der Waals surface area contributed by atoms with Crippen molar-refractivity contribution in [1.29, 1.82) is 0 Å². The average Bonchev–Trinajstić information content (AvgIpc) is 3.22. The topological polar surface area (TPSA) is 75.1 Å². The third kappa shape index (κ3) is 4.68. The Morgan fingerprint density at radius 1 is 1.30 bits per heavy atom. The second-order valence-corrected chi connectivity index (χ2v) is 9.08. The highest BCUT2D eigenvalue weighted by molar-refractivity contribution is 5.99. The van der Waals surface area contributed by atoms with E-state index in [2.05, 4.69) is 38.9 Å². The number of pyridine rings is 1. The van der Waals surface area contributed by atoms with Gasteiger partial charge in [0.25, 0.3) is 11.8 Å². The molecule has 1 fully saturated rings. The molecule has 1 saturated heterocycles. The number of fused-ring (bicyclic) bond motifs is 2.